The highest BCUT2D eigenvalue weighted by Gasteiger charge is 2.07. The summed E-state index contributed by atoms with van der Waals surface area (Å²) >= 11 is 3.50. The van der Waals surface area contributed by atoms with Gasteiger partial charge >= 0.3 is 0 Å². The van der Waals surface area contributed by atoms with E-state index in [4.69, 9.17) is 5.11 Å². The van der Waals surface area contributed by atoms with Crippen LogP contribution < -0.4 is 5.32 Å². The van der Waals surface area contributed by atoms with E-state index >= 15 is 0 Å². The summed E-state index contributed by atoms with van der Waals surface area (Å²) in [7, 11) is 0. The molecule has 4 heteroatoms. The van der Waals surface area contributed by atoms with Crippen molar-refractivity contribution in [2.45, 2.75) is 0 Å². The molecule has 96 valence electrons. The topological polar surface area (TPSA) is 45.1 Å². The Morgan fingerprint density at radius 1 is 1.05 bits per heavy atom. The SMILES string of the molecule is OCCNc1nc2ccc(Br)cc2c2ccccc12. The third kappa shape index (κ3) is 2.29. The zero-order chi connectivity index (χ0) is 13.2. The Kier molecular flexibility index (Phi) is 3.36. The smallest absolute Gasteiger partial charge is 0.134 e. The standard InChI is InChI=1S/C15H13BrN2O/c16-10-5-6-14-13(9-10)11-3-1-2-4-12(11)15(18-14)17-7-8-19/h1-6,9,19H,7-8H2,(H,17,18). The largest absolute Gasteiger partial charge is 0.395 e. The van der Waals surface area contributed by atoms with Gasteiger partial charge in [-0.1, -0.05) is 40.2 Å². The lowest BCUT2D eigenvalue weighted by atomic mass is 10.1. The summed E-state index contributed by atoms with van der Waals surface area (Å²) in [6, 6.07) is 14.2. The monoisotopic (exact) mass is 316 g/mol. The molecule has 3 aromatic rings. The highest BCUT2D eigenvalue weighted by atomic mass is 79.9. The van der Waals surface area contributed by atoms with Crippen LogP contribution in [0.25, 0.3) is 21.7 Å². The molecule has 0 amide bonds. The van der Waals surface area contributed by atoms with E-state index in [0.717, 1.165) is 32.0 Å². The Hall–Kier alpha value is -1.65. The van der Waals surface area contributed by atoms with Crippen molar-refractivity contribution in [3.05, 3.63) is 46.9 Å². The predicted molar refractivity (Wildman–Crippen MR) is 82.5 cm³/mol. The van der Waals surface area contributed by atoms with Crippen LogP contribution in [-0.2, 0) is 0 Å². The molecule has 19 heavy (non-hydrogen) atoms. The van der Waals surface area contributed by atoms with Crippen LogP contribution in [0.4, 0.5) is 5.82 Å². The van der Waals surface area contributed by atoms with Crippen molar-refractivity contribution in [1.82, 2.24) is 4.98 Å². The summed E-state index contributed by atoms with van der Waals surface area (Å²) in [4.78, 5) is 4.64. The number of pyridine rings is 1. The van der Waals surface area contributed by atoms with Crippen LogP contribution in [-0.4, -0.2) is 23.2 Å². The Bertz CT molecular complexity index is 743. The molecule has 0 bridgehead atoms. The minimum Gasteiger partial charge on any atom is -0.395 e. The van der Waals surface area contributed by atoms with Crippen molar-refractivity contribution in [3.63, 3.8) is 0 Å². The highest BCUT2D eigenvalue weighted by Crippen LogP contribution is 2.30. The first kappa shape index (κ1) is 12.4. The second-order valence-corrected chi connectivity index (χ2v) is 5.23. The van der Waals surface area contributed by atoms with Crippen molar-refractivity contribution in [1.29, 1.82) is 0 Å². The quantitative estimate of drug-likeness (QED) is 0.726. The molecule has 2 N–H and O–H groups in total. The summed E-state index contributed by atoms with van der Waals surface area (Å²) in [5.41, 5.74) is 0.947. The lowest BCUT2D eigenvalue weighted by Crippen LogP contribution is -2.07. The Balaban J connectivity index is 2.33. The predicted octanol–water partition coefficient (Wildman–Crippen LogP) is 3.55. The van der Waals surface area contributed by atoms with Crippen molar-refractivity contribution in [2.24, 2.45) is 0 Å². The van der Waals surface area contributed by atoms with Crippen LogP contribution in [0.2, 0.25) is 0 Å². The normalized spacial score (nSPS) is 11.1. The molecular weight excluding hydrogens is 304 g/mol. The fraction of sp³-hybridized carbons (Fsp3) is 0.133. The van der Waals surface area contributed by atoms with Crippen LogP contribution in [0.15, 0.2) is 46.9 Å². The molecule has 0 radical (unpaired) electrons. The molecular formula is C15H13BrN2O. The molecule has 0 aliphatic carbocycles. The fourth-order valence-corrected chi connectivity index (χ4v) is 2.60. The van der Waals surface area contributed by atoms with Crippen molar-refractivity contribution in [3.8, 4) is 0 Å². The van der Waals surface area contributed by atoms with Gasteiger partial charge in [0.1, 0.15) is 5.82 Å². The molecule has 2 aromatic carbocycles. The number of fused-ring (bicyclic) bond motifs is 3. The van der Waals surface area contributed by atoms with Gasteiger partial charge in [-0.25, -0.2) is 4.98 Å². The molecule has 1 heterocycles. The lowest BCUT2D eigenvalue weighted by molar-refractivity contribution is 0.311. The minimum absolute atomic E-state index is 0.0916. The number of benzene rings is 2. The Labute approximate surface area is 119 Å². The van der Waals surface area contributed by atoms with Gasteiger partial charge in [-0.05, 0) is 23.6 Å². The third-order valence-electron chi connectivity index (χ3n) is 3.07. The van der Waals surface area contributed by atoms with E-state index in [0.29, 0.717) is 6.54 Å². The maximum Gasteiger partial charge on any atom is 0.134 e. The van der Waals surface area contributed by atoms with Crippen molar-refractivity contribution in [2.75, 3.05) is 18.5 Å². The minimum atomic E-state index is 0.0916. The molecule has 0 aliphatic heterocycles. The molecule has 3 nitrogen and oxygen atoms in total. The second-order valence-electron chi connectivity index (χ2n) is 4.32. The van der Waals surface area contributed by atoms with Crippen molar-refractivity contribution >= 4 is 43.4 Å². The number of halogens is 1. The van der Waals surface area contributed by atoms with E-state index in [2.05, 4.69) is 38.4 Å². The molecule has 0 saturated carbocycles. The lowest BCUT2D eigenvalue weighted by Gasteiger charge is -2.11. The Morgan fingerprint density at radius 3 is 2.63 bits per heavy atom. The number of hydrogen-bond donors (Lipinski definition) is 2. The van der Waals surface area contributed by atoms with Crippen LogP contribution in [0.3, 0.4) is 0 Å². The molecule has 0 fully saturated rings. The van der Waals surface area contributed by atoms with Gasteiger partial charge in [0.05, 0.1) is 12.1 Å². The van der Waals surface area contributed by atoms with Crippen LogP contribution in [0.1, 0.15) is 0 Å². The van der Waals surface area contributed by atoms with Crippen LogP contribution in [0, 0.1) is 0 Å². The number of aromatic nitrogens is 1. The summed E-state index contributed by atoms with van der Waals surface area (Å²) in [5.74, 6) is 0.819. The van der Waals surface area contributed by atoms with E-state index in [1.165, 1.54) is 0 Å². The number of aliphatic hydroxyl groups is 1. The molecule has 3 rings (SSSR count). The van der Waals surface area contributed by atoms with E-state index < -0.39 is 0 Å². The van der Waals surface area contributed by atoms with E-state index in [1.807, 2.05) is 30.3 Å². The highest BCUT2D eigenvalue weighted by molar-refractivity contribution is 9.10. The van der Waals surface area contributed by atoms with Gasteiger partial charge in [-0.3, -0.25) is 0 Å². The summed E-state index contributed by atoms with van der Waals surface area (Å²) < 4.78 is 1.04. The maximum atomic E-state index is 8.95. The molecule has 0 unspecified atom stereocenters. The average molecular weight is 317 g/mol. The van der Waals surface area contributed by atoms with Gasteiger partial charge in [0.2, 0.25) is 0 Å². The van der Waals surface area contributed by atoms with Gasteiger partial charge in [-0.15, -0.1) is 0 Å². The summed E-state index contributed by atoms with van der Waals surface area (Å²) in [5, 5.41) is 15.5. The number of rotatable bonds is 3. The zero-order valence-electron chi connectivity index (χ0n) is 10.2. The average Bonchev–Trinajstić information content (AvgIpc) is 2.45. The van der Waals surface area contributed by atoms with Gasteiger partial charge in [-0.2, -0.15) is 0 Å². The molecule has 0 aliphatic rings. The van der Waals surface area contributed by atoms with Crippen LogP contribution in [0.5, 0.6) is 0 Å². The van der Waals surface area contributed by atoms with Gasteiger partial charge in [0.25, 0.3) is 0 Å². The molecule has 0 saturated heterocycles. The van der Waals surface area contributed by atoms with E-state index in [9.17, 15) is 0 Å². The van der Waals surface area contributed by atoms with Gasteiger partial charge in [0, 0.05) is 21.8 Å². The van der Waals surface area contributed by atoms with Crippen LogP contribution >= 0.6 is 15.9 Å². The number of aliphatic hydroxyl groups excluding tert-OH is 1. The van der Waals surface area contributed by atoms with Gasteiger partial charge < -0.3 is 10.4 Å². The number of nitrogens with zero attached hydrogens (tertiary/aromatic N) is 1. The van der Waals surface area contributed by atoms with Gasteiger partial charge in [0.15, 0.2) is 0 Å². The van der Waals surface area contributed by atoms with E-state index in [1.54, 1.807) is 0 Å². The van der Waals surface area contributed by atoms with Crippen molar-refractivity contribution < 1.29 is 5.11 Å². The first-order chi connectivity index (χ1) is 9.29. The first-order valence-electron chi connectivity index (χ1n) is 6.12. The fourth-order valence-electron chi connectivity index (χ4n) is 2.24. The second kappa shape index (κ2) is 5.15. The zero-order valence-corrected chi connectivity index (χ0v) is 11.8. The molecule has 1 aromatic heterocycles. The number of hydrogen-bond acceptors (Lipinski definition) is 3. The Morgan fingerprint density at radius 2 is 1.84 bits per heavy atom. The number of anilines is 1. The third-order valence-corrected chi connectivity index (χ3v) is 3.56. The number of nitrogens with one attached hydrogen (secondary N) is 1. The maximum absolute atomic E-state index is 8.95. The first-order valence-corrected chi connectivity index (χ1v) is 6.91. The van der Waals surface area contributed by atoms with E-state index in [-0.39, 0.29) is 6.61 Å². The molecule has 0 spiro atoms. The summed E-state index contributed by atoms with van der Waals surface area (Å²) in [6.45, 7) is 0.591. The molecule has 0 atom stereocenters. The summed E-state index contributed by atoms with van der Waals surface area (Å²) in [6.07, 6.45) is 0.